The van der Waals surface area contributed by atoms with Crippen molar-refractivity contribution >= 4 is 9.84 Å². The average Bonchev–Trinajstić information content (AvgIpc) is 3.16. The summed E-state index contributed by atoms with van der Waals surface area (Å²) in [5.74, 6) is 2.00. The molecular formula is C42H54O8S. The van der Waals surface area contributed by atoms with Crippen LogP contribution in [0.2, 0.25) is 0 Å². The molecule has 2 atom stereocenters. The second-order valence-corrected chi connectivity index (χ2v) is 14.8. The lowest BCUT2D eigenvalue weighted by atomic mass is 9.80. The molecule has 0 amide bonds. The SMILES string of the molecule is CCOCCC(CS(=O)(=O)CC(CCOCC)C(c1ccc(OC)cc1)c1ccc(OC)cc1)C(c1ccc(OC)cc1)c1ccc(OC)cc1. The van der Waals surface area contributed by atoms with Crippen LogP contribution < -0.4 is 18.9 Å². The molecular weight excluding hydrogens is 665 g/mol. The Labute approximate surface area is 304 Å². The van der Waals surface area contributed by atoms with Crippen LogP contribution in [0, 0.1) is 11.8 Å². The molecule has 0 aliphatic heterocycles. The number of benzene rings is 4. The minimum atomic E-state index is -3.64. The van der Waals surface area contributed by atoms with Crippen molar-refractivity contribution in [1.29, 1.82) is 0 Å². The van der Waals surface area contributed by atoms with Crippen molar-refractivity contribution < 1.29 is 36.8 Å². The van der Waals surface area contributed by atoms with Gasteiger partial charge in [-0.05, 0) is 109 Å². The topological polar surface area (TPSA) is 89.5 Å². The molecule has 4 aromatic carbocycles. The fraction of sp³-hybridized carbons (Fsp3) is 0.429. The van der Waals surface area contributed by atoms with E-state index in [9.17, 15) is 8.42 Å². The Kier molecular flexibility index (Phi) is 15.7. The van der Waals surface area contributed by atoms with Crippen LogP contribution in [0.25, 0.3) is 0 Å². The molecule has 51 heavy (non-hydrogen) atoms. The Hall–Kier alpha value is -4.05. The van der Waals surface area contributed by atoms with Gasteiger partial charge in [0.15, 0.2) is 9.84 Å². The first-order valence-electron chi connectivity index (χ1n) is 17.7. The molecule has 0 fully saturated rings. The molecule has 0 spiro atoms. The van der Waals surface area contributed by atoms with Gasteiger partial charge in [-0.3, -0.25) is 0 Å². The Balaban J connectivity index is 1.76. The molecule has 0 aromatic heterocycles. The number of hydrogen-bond donors (Lipinski definition) is 0. The summed E-state index contributed by atoms with van der Waals surface area (Å²) in [5.41, 5.74) is 4.06. The van der Waals surface area contributed by atoms with Crippen molar-refractivity contribution in [2.45, 2.75) is 38.5 Å². The van der Waals surface area contributed by atoms with E-state index < -0.39 is 9.84 Å². The van der Waals surface area contributed by atoms with Gasteiger partial charge >= 0.3 is 0 Å². The molecule has 0 N–H and O–H groups in total. The van der Waals surface area contributed by atoms with E-state index in [4.69, 9.17) is 28.4 Å². The predicted octanol–water partition coefficient (Wildman–Crippen LogP) is 8.19. The van der Waals surface area contributed by atoms with E-state index in [2.05, 4.69) is 0 Å². The third-order valence-electron chi connectivity index (χ3n) is 9.45. The monoisotopic (exact) mass is 718 g/mol. The molecule has 276 valence electrons. The zero-order chi connectivity index (χ0) is 36.6. The van der Waals surface area contributed by atoms with Crippen molar-refractivity contribution in [3.8, 4) is 23.0 Å². The molecule has 0 saturated carbocycles. The van der Waals surface area contributed by atoms with Gasteiger partial charge < -0.3 is 28.4 Å². The van der Waals surface area contributed by atoms with Gasteiger partial charge in [-0.15, -0.1) is 0 Å². The van der Waals surface area contributed by atoms with Crippen LogP contribution in [0.5, 0.6) is 23.0 Å². The average molecular weight is 719 g/mol. The second kappa shape index (κ2) is 20.1. The highest BCUT2D eigenvalue weighted by atomic mass is 32.2. The van der Waals surface area contributed by atoms with Gasteiger partial charge in [-0.25, -0.2) is 8.42 Å². The minimum absolute atomic E-state index is 0.00806. The quantitative estimate of drug-likeness (QED) is 0.0752. The Morgan fingerprint density at radius 2 is 0.706 bits per heavy atom. The summed E-state index contributed by atoms with van der Waals surface area (Å²) in [6, 6.07) is 31.7. The minimum Gasteiger partial charge on any atom is -0.497 e. The van der Waals surface area contributed by atoms with E-state index in [1.54, 1.807) is 28.4 Å². The molecule has 9 heteroatoms. The van der Waals surface area contributed by atoms with Gasteiger partial charge in [-0.2, -0.15) is 0 Å². The molecule has 0 saturated heterocycles. The first-order valence-corrected chi connectivity index (χ1v) is 19.5. The van der Waals surface area contributed by atoms with Crippen LogP contribution in [0.3, 0.4) is 0 Å². The van der Waals surface area contributed by atoms with Crippen molar-refractivity contribution in [2.75, 3.05) is 66.4 Å². The Bertz CT molecular complexity index is 1460. The maximum Gasteiger partial charge on any atom is 0.150 e. The summed E-state index contributed by atoms with van der Waals surface area (Å²) in [7, 11) is 2.92. The van der Waals surface area contributed by atoms with Gasteiger partial charge in [0.25, 0.3) is 0 Å². The zero-order valence-electron chi connectivity index (χ0n) is 30.9. The molecule has 0 bridgehead atoms. The van der Waals surface area contributed by atoms with Gasteiger partial charge in [0.2, 0.25) is 0 Å². The van der Waals surface area contributed by atoms with Gasteiger partial charge in [0.1, 0.15) is 23.0 Å². The van der Waals surface area contributed by atoms with Crippen LogP contribution in [0.15, 0.2) is 97.1 Å². The lowest BCUT2D eigenvalue weighted by Gasteiger charge is -2.31. The maximum absolute atomic E-state index is 14.7. The first-order chi connectivity index (χ1) is 24.7. The lowest BCUT2D eigenvalue weighted by molar-refractivity contribution is 0.131. The first kappa shape index (κ1) is 39.7. The molecule has 0 aliphatic carbocycles. The van der Waals surface area contributed by atoms with Gasteiger partial charge in [0, 0.05) is 38.3 Å². The molecule has 2 unspecified atom stereocenters. The summed E-state index contributed by atoms with van der Waals surface area (Å²) in [5, 5.41) is 0. The summed E-state index contributed by atoms with van der Waals surface area (Å²) in [4.78, 5) is 0. The number of sulfone groups is 1. The van der Waals surface area contributed by atoms with E-state index >= 15 is 0 Å². The highest BCUT2D eigenvalue weighted by Crippen LogP contribution is 2.40. The predicted molar refractivity (Wildman–Crippen MR) is 204 cm³/mol. The molecule has 0 radical (unpaired) electrons. The summed E-state index contributed by atoms with van der Waals surface area (Å²) in [6.45, 7) is 5.93. The van der Waals surface area contributed by atoms with E-state index in [1.165, 1.54) is 0 Å². The van der Waals surface area contributed by atoms with E-state index in [0.717, 1.165) is 45.3 Å². The number of hydrogen-bond acceptors (Lipinski definition) is 8. The van der Waals surface area contributed by atoms with Crippen LogP contribution in [0.4, 0.5) is 0 Å². The Morgan fingerprint density at radius 3 is 0.922 bits per heavy atom. The molecule has 0 aliphatic rings. The lowest BCUT2D eigenvalue weighted by Crippen LogP contribution is -2.31. The summed E-state index contributed by atoms with van der Waals surface area (Å²) >= 11 is 0. The normalized spacial score (nSPS) is 12.9. The molecule has 4 aromatic rings. The second-order valence-electron chi connectivity index (χ2n) is 12.6. The van der Waals surface area contributed by atoms with E-state index in [-0.39, 0.29) is 35.2 Å². The van der Waals surface area contributed by atoms with Crippen LogP contribution in [-0.2, 0) is 19.3 Å². The molecule has 4 rings (SSSR count). The maximum atomic E-state index is 14.7. The van der Waals surface area contributed by atoms with E-state index in [0.29, 0.717) is 39.3 Å². The fourth-order valence-electron chi connectivity index (χ4n) is 6.89. The molecule has 8 nitrogen and oxygen atoms in total. The van der Waals surface area contributed by atoms with E-state index in [1.807, 2.05) is 111 Å². The summed E-state index contributed by atoms with van der Waals surface area (Å²) in [6.07, 6.45) is 1.14. The largest absolute Gasteiger partial charge is 0.497 e. The van der Waals surface area contributed by atoms with Crippen molar-refractivity contribution in [3.05, 3.63) is 119 Å². The number of methoxy groups -OCH3 is 4. The van der Waals surface area contributed by atoms with Crippen LogP contribution in [-0.4, -0.2) is 74.8 Å². The molecule has 0 heterocycles. The Morgan fingerprint density at radius 1 is 0.451 bits per heavy atom. The van der Waals surface area contributed by atoms with Crippen molar-refractivity contribution in [2.24, 2.45) is 11.8 Å². The number of rotatable bonds is 22. The number of ether oxygens (including phenoxy) is 6. The summed E-state index contributed by atoms with van der Waals surface area (Å²) < 4.78 is 62.9. The third-order valence-corrected chi connectivity index (χ3v) is 11.3. The highest BCUT2D eigenvalue weighted by molar-refractivity contribution is 7.91. The van der Waals surface area contributed by atoms with Crippen LogP contribution in [0.1, 0.15) is 60.8 Å². The van der Waals surface area contributed by atoms with Gasteiger partial charge in [-0.1, -0.05) is 48.5 Å². The van der Waals surface area contributed by atoms with Crippen molar-refractivity contribution in [1.82, 2.24) is 0 Å². The highest BCUT2D eigenvalue weighted by Gasteiger charge is 2.34. The standard InChI is InChI=1S/C42H54O8S/c1-7-49-27-25-35(41(31-9-17-37(45-3)18-10-31)32-11-19-38(46-4)20-12-32)29-51(43,44)30-36(26-28-50-8-2)42(33-13-21-39(47-5)22-14-33)34-15-23-40(48-6)24-16-34/h9-24,35-36,41-42H,7-8,25-30H2,1-6H3. The third kappa shape index (κ3) is 11.5. The fourth-order valence-corrected chi connectivity index (χ4v) is 9.05. The van der Waals surface area contributed by atoms with Gasteiger partial charge in [0.05, 0.1) is 39.9 Å². The van der Waals surface area contributed by atoms with Crippen molar-refractivity contribution in [3.63, 3.8) is 0 Å². The smallest absolute Gasteiger partial charge is 0.150 e. The zero-order valence-corrected chi connectivity index (χ0v) is 31.7. The van der Waals surface area contributed by atoms with Crippen LogP contribution >= 0.6 is 0 Å².